The molecule has 0 spiro atoms. The maximum absolute atomic E-state index is 10.3. The van der Waals surface area contributed by atoms with E-state index in [2.05, 4.69) is 15.2 Å². The van der Waals surface area contributed by atoms with Crippen molar-refractivity contribution in [2.45, 2.75) is 31.9 Å². The molecule has 0 saturated carbocycles. The van der Waals surface area contributed by atoms with E-state index in [1.54, 1.807) is 12.4 Å². The first-order valence-electron chi connectivity index (χ1n) is 10.2. The van der Waals surface area contributed by atoms with Crippen LogP contribution in [0.4, 0.5) is 0 Å². The normalized spacial score (nSPS) is 15.9. The van der Waals surface area contributed by atoms with E-state index >= 15 is 0 Å². The third-order valence-electron chi connectivity index (χ3n) is 4.82. The quantitative estimate of drug-likeness (QED) is 0.580. The van der Waals surface area contributed by atoms with E-state index in [0.717, 1.165) is 36.7 Å². The summed E-state index contributed by atoms with van der Waals surface area (Å²) in [6.07, 6.45) is 6.73. The summed E-state index contributed by atoms with van der Waals surface area (Å²) >= 11 is 0. The Morgan fingerprint density at radius 1 is 1.07 bits per heavy atom. The summed E-state index contributed by atoms with van der Waals surface area (Å²) in [5.41, 5.74) is 1.08. The minimum absolute atomic E-state index is 0.317. The van der Waals surface area contributed by atoms with Crippen molar-refractivity contribution in [1.82, 2.24) is 15.2 Å². The zero-order chi connectivity index (χ0) is 19.4. The van der Waals surface area contributed by atoms with Gasteiger partial charge >= 0.3 is 0 Å². The fourth-order valence-corrected chi connectivity index (χ4v) is 3.37. The molecular weight excluding hydrogens is 354 g/mol. The molecule has 0 aliphatic carbocycles. The SMILES string of the molecule is O[C@H](COc1ccccc1CNCCOc1cccnc1)CN1CCCCC1. The van der Waals surface area contributed by atoms with Crippen LogP contribution in [0.2, 0.25) is 0 Å². The molecule has 2 N–H and O–H groups in total. The molecule has 1 aliphatic heterocycles. The molecule has 6 heteroatoms. The van der Waals surface area contributed by atoms with Gasteiger partial charge in [0.05, 0.1) is 6.20 Å². The maximum atomic E-state index is 10.3. The van der Waals surface area contributed by atoms with Crippen molar-refractivity contribution in [3.05, 3.63) is 54.4 Å². The zero-order valence-corrected chi connectivity index (χ0v) is 16.4. The summed E-state index contributed by atoms with van der Waals surface area (Å²) in [5, 5.41) is 13.7. The molecule has 1 atom stereocenters. The highest BCUT2D eigenvalue weighted by atomic mass is 16.5. The number of nitrogens with one attached hydrogen (secondary N) is 1. The Morgan fingerprint density at radius 3 is 2.75 bits per heavy atom. The monoisotopic (exact) mass is 385 g/mol. The van der Waals surface area contributed by atoms with Crippen molar-refractivity contribution in [2.75, 3.05) is 39.4 Å². The maximum Gasteiger partial charge on any atom is 0.137 e. The molecule has 1 fully saturated rings. The number of hydrogen-bond acceptors (Lipinski definition) is 6. The van der Waals surface area contributed by atoms with E-state index in [-0.39, 0.29) is 0 Å². The van der Waals surface area contributed by atoms with Gasteiger partial charge in [0.15, 0.2) is 0 Å². The van der Waals surface area contributed by atoms with Gasteiger partial charge in [0.1, 0.15) is 30.8 Å². The zero-order valence-electron chi connectivity index (χ0n) is 16.4. The number of rotatable bonds is 11. The molecule has 0 bridgehead atoms. The number of piperidine rings is 1. The van der Waals surface area contributed by atoms with E-state index in [1.165, 1.54) is 19.3 Å². The molecule has 1 aromatic heterocycles. The average Bonchev–Trinajstić information content (AvgIpc) is 2.74. The fourth-order valence-electron chi connectivity index (χ4n) is 3.37. The number of aliphatic hydroxyl groups is 1. The summed E-state index contributed by atoms with van der Waals surface area (Å²) in [7, 11) is 0. The minimum Gasteiger partial charge on any atom is -0.491 e. The summed E-state index contributed by atoms with van der Waals surface area (Å²) in [5.74, 6) is 1.59. The second kappa shape index (κ2) is 11.6. The molecular formula is C22H31N3O3. The van der Waals surface area contributed by atoms with Gasteiger partial charge in [-0.2, -0.15) is 0 Å². The van der Waals surface area contributed by atoms with Gasteiger partial charge in [0.25, 0.3) is 0 Å². The largest absolute Gasteiger partial charge is 0.491 e. The van der Waals surface area contributed by atoms with E-state index in [1.807, 2.05) is 36.4 Å². The third kappa shape index (κ3) is 7.11. The molecule has 0 amide bonds. The summed E-state index contributed by atoms with van der Waals surface area (Å²) in [4.78, 5) is 6.36. The van der Waals surface area contributed by atoms with Gasteiger partial charge in [-0.15, -0.1) is 0 Å². The molecule has 1 aliphatic rings. The van der Waals surface area contributed by atoms with Crippen molar-refractivity contribution >= 4 is 0 Å². The van der Waals surface area contributed by atoms with E-state index in [9.17, 15) is 5.11 Å². The van der Waals surface area contributed by atoms with Crippen molar-refractivity contribution in [2.24, 2.45) is 0 Å². The first-order valence-corrected chi connectivity index (χ1v) is 10.2. The van der Waals surface area contributed by atoms with Gasteiger partial charge in [-0.05, 0) is 44.1 Å². The Bertz CT molecular complexity index is 678. The molecule has 2 aromatic rings. The van der Waals surface area contributed by atoms with Crippen LogP contribution in [-0.4, -0.2) is 60.5 Å². The molecule has 0 unspecified atom stereocenters. The third-order valence-corrected chi connectivity index (χ3v) is 4.82. The number of β-amino-alcohol motifs (C(OH)–C–C–N with tert-alkyl or cyclic N) is 1. The van der Waals surface area contributed by atoms with Gasteiger partial charge in [0, 0.05) is 31.4 Å². The van der Waals surface area contributed by atoms with Crippen LogP contribution in [0.25, 0.3) is 0 Å². The standard InChI is InChI=1S/C22H31N3O3/c26-20(17-25-12-4-1-5-13-25)18-28-22-9-3-2-7-19(22)15-24-11-14-27-21-8-6-10-23-16-21/h2-3,6-10,16,20,24,26H,1,4-5,11-15,17-18H2/t20-/m0/s1. The highest BCUT2D eigenvalue weighted by Gasteiger charge is 2.15. The second-order valence-corrected chi connectivity index (χ2v) is 7.15. The number of aliphatic hydroxyl groups excluding tert-OH is 1. The number of nitrogens with zero attached hydrogens (tertiary/aromatic N) is 2. The van der Waals surface area contributed by atoms with Crippen LogP contribution in [-0.2, 0) is 6.54 Å². The Hall–Kier alpha value is -2.15. The molecule has 152 valence electrons. The van der Waals surface area contributed by atoms with Crippen LogP contribution in [0.1, 0.15) is 24.8 Å². The average molecular weight is 386 g/mol. The van der Waals surface area contributed by atoms with Crippen LogP contribution < -0.4 is 14.8 Å². The first kappa shape index (κ1) is 20.6. The smallest absolute Gasteiger partial charge is 0.137 e. The lowest BCUT2D eigenvalue weighted by Gasteiger charge is -2.28. The van der Waals surface area contributed by atoms with Gasteiger partial charge in [-0.3, -0.25) is 4.98 Å². The Labute approximate surface area is 167 Å². The lowest BCUT2D eigenvalue weighted by Crippen LogP contribution is -2.38. The molecule has 3 rings (SSSR count). The van der Waals surface area contributed by atoms with E-state index < -0.39 is 6.10 Å². The molecule has 2 heterocycles. The second-order valence-electron chi connectivity index (χ2n) is 7.15. The topological polar surface area (TPSA) is 66.8 Å². The van der Waals surface area contributed by atoms with E-state index in [0.29, 0.717) is 26.3 Å². The predicted octanol–water partition coefficient (Wildman–Crippen LogP) is 2.48. The molecule has 6 nitrogen and oxygen atoms in total. The number of para-hydroxylation sites is 1. The highest BCUT2D eigenvalue weighted by molar-refractivity contribution is 5.33. The number of benzene rings is 1. The Kier molecular flexibility index (Phi) is 8.55. The predicted molar refractivity (Wildman–Crippen MR) is 110 cm³/mol. The molecule has 1 aromatic carbocycles. The molecule has 1 saturated heterocycles. The van der Waals surface area contributed by atoms with Crippen LogP contribution in [0.15, 0.2) is 48.8 Å². The lowest BCUT2D eigenvalue weighted by atomic mass is 10.1. The van der Waals surface area contributed by atoms with Crippen LogP contribution >= 0.6 is 0 Å². The Balaban J connectivity index is 1.37. The number of likely N-dealkylation sites (tertiary alicyclic amines) is 1. The van der Waals surface area contributed by atoms with Gasteiger partial charge < -0.3 is 24.8 Å². The van der Waals surface area contributed by atoms with Crippen molar-refractivity contribution < 1.29 is 14.6 Å². The summed E-state index contributed by atoms with van der Waals surface area (Å²) < 4.78 is 11.5. The van der Waals surface area contributed by atoms with Crippen molar-refractivity contribution in [3.63, 3.8) is 0 Å². The number of aromatic nitrogens is 1. The highest BCUT2D eigenvalue weighted by Crippen LogP contribution is 2.18. The van der Waals surface area contributed by atoms with Crippen LogP contribution in [0, 0.1) is 0 Å². The van der Waals surface area contributed by atoms with Crippen LogP contribution in [0.3, 0.4) is 0 Å². The van der Waals surface area contributed by atoms with Crippen LogP contribution in [0.5, 0.6) is 11.5 Å². The van der Waals surface area contributed by atoms with Crippen molar-refractivity contribution in [3.8, 4) is 11.5 Å². The number of hydrogen-bond donors (Lipinski definition) is 2. The molecule has 0 radical (unpaired) electrons. The first-order chi connectivity index (χ1) is 13.8. The lowest BCUT2D eigenvalue weighted by molar-refractivity contribution is 0.0614. The Morgan fingerprint density at radius 2 is 1.93 bits per heavy atom. The van der Waals surface area contributed by atoms with Crippen molar-refractivity contribution in [1.29, 1.82) is 0 Å². The van der Waals surface area contributed by atoms with Gasteiger partial charge in [-0.1, -0.05) is 24.6 Å². The molecule has 28 heavy (non-hydrogen) atoms. The number of ether oxygens (including phenoxy) is 2. The minimum atomic E-state index is -0.466. The fraction of sp³-hybridized carbons (Fsp3) is 0.500. The van der Waals surface area contributed by atoms with E-state index in [4.69, 9.17) is 9.47 Å². The summed E-state index contributed by atoms with van der Waals surface area (Å²) in [6, 6.07) is 11.7. The van der Waals surface area contributed by atoms with Gasteiger partial charge in [-0.25, -0.2) is 0 Å². The summed E-state index contributed by atoms with van der Waals surface area (Å²) in [6.45, 7) is 5.15. The number of pyridine rings is 1. The van der Waals surface area contributed by atoms with Gasteiger partial charge in [0.2, 0.25) is 0 Å².